The lowest BCUT2D eigenvalue weighted by molar-refractivity contribution is 0.380. The minimum atomic E-state index is 0.573. The maximum Gasteiger partial charge on any atom is 0.0950 e. The van der Waals surface area contributed by atoms with Gasteiger partial charge in [-0.1, -0.05) is 0 Å². The Morgan fingerprint density at radius 3 is 3.00 bits per heavy atom. The largest absolute Gasteiger partial charge is 0.472 e. The molecule has 1 saturated heterocycles. The van der Waals surface area contributed by atoms with Gasteiger partial charge in [0.15, 0.2) is 0 Å². The smallest absolute Gasteiger partial charge is 0.0950 e. The van der Waals surface area contributed by atoms with E-state index in [9.17, 15) is 0 Å². The highest BCUT2D eigenvalue weighted by Crippen LogP contribution is 2.22. The van der Waals surface area contributed by atoms with Gasteiger partial charge in [-0.25, -0.2) is 0 Å². The normalized spacial score (nSPS) is 25.6. The predicted molar refractivity (Wildman–Crippen MR) is 34.1 cm³/mol. The van der Waals surface area contributed by atoms with Gasteiger partial charge in [-0.15, -0.1) is 0 Å². The average molecular weight is 123 g/mol. The van der Waals surface area contributed by atoms with Crippen LogP contribution in [0.5, 0.6) is 0 Å². The van der Waals surface area contributed by atoms with Crippen molar-refractivity contribution in [1.29, 1.82) is 0 Å². The third-order valence-corrected chi connectivity index (χ3v) is 1.77. The van der Waals surface area contributed by atoms with Crippen molar-refractivity contribution in [1.82, 2.24) is 5.32 Å². The molecule has 2 heteroatoms. The molecular formula is C7H9NO. The molecule has 1 aliphatic rings. The molecule has 0 radical (unpaired) electrons. The molecule has 0 amide bonds. The van der Waals surface area contributed by atoms with Crippen molar-refractivity contribution in [3.8, 4) is 0 Å². The lowest BCUT2D eigenvalue weighted by atomic mass is 10.0. The van der Waals surface area contributed by atoms with Crippen molar-refractivity contribution in [2.45, 2.75) is 12.5 Å². The number of nitrogens with one attached hydrogen (secondary N) is 1. The highest BCUT2D eigenvalue weighted by Gasteiger charge is 2.18. The van der Waals surface area contributed by atoms with Crippen LogP contribution in [0.2, 0.25) is 0 Å². The Bertz CT molecular complexity index is 177. The first-order valence-electron chi connectivity index (χ1n) is 3.22. The predicted octanol–water partition coefficient (Wildman–Crippen LogP) is 1.31. The Hall–Kier alpha value is -0.760. The first kappa shape index (κ1) is 5.06. The van der Waals surface area contributed by atoms with Crippen LogP contribution in [-0.4, -0.2) is 6.54 Å². The quantitative estimate of drug-likeness (QED) is 0.609. The summed E-state index contributed by atoms with van der Waals surface area (Å²) in [7, 11) is 0. The van der Waals surface area contributed by atoms with E-state index in [0.29, 0.717) is 6.04 Å². The van der Waals surface area contributed by atoms with Crippen LogP contribution in [0.4, 0.5) is 0 Å². The first-order chi connectivity index (χ1) is 4.47. The van der Waals surface area contributed by atoms with Crippen molar-refractivity contribution in [3.05, 3.63) is 24.2 Å². The van der Waals surface area contributed by atoms with E-state index < -0.39 is 0 Å². The third kappa shape index (κ3) is 0.754. The molecule has 2 nitrogen and oxygen atoms in total. The molecular weight excluding hydrogens is 114 g/mol. The molecule has 1 N–H and O–H groups in total. The Kier molecular flexibility index (Phi) is 1.06. The maximum atomic E-state index is 4.93. The van der Waals surface area contributed by atoms with Gasteiger partial charge in [-0.05, 0) is 19.0 Å². The fourth-order valence-electron chi connectivity index (χ4n) is 1.05. The van der Waals surface area contributed by atoms with E-state index in [1.165, 1.54) is 12.0 Å². The Morgan fingerprint density at radius 2 is 2.56 bits per heavy atom. The molecule has 2 rings (SSSR count). The standard InChI is InChI=1S/C7H9NO/c1-3-8-7(1)6-2-4-9-5-6/h2,4-5,7-8H,1,3H2/t7-/m0/s1. The zero-order valence-electron chi connectivity index (χ0n) is 5.13. The number of hydrogen-bond acceptors (Lipinski definition) is 2. The van der Waals surface area contributed by atoms with Gasteiger partial charge < -0.3 is 9.73 Å². The van der Waals surface area contributed by atoms with Crippen LogP contribution in [0.3, 0.4) is 0 Å². The SMILES string of the molecule is c1cc([C@@H]2CCN2)co1. The van der Waals surface area contributed by atoms with E-state index in [1.54, 1.807) is 12.5 Å². The van der Waals surface area contributed by atoms with Crippen LogP contribution in [0.25, 0.3) is 0 Å². The molecule has 1 aromatic rings. The highest BCUT2D eigenvalue weighted by molar-refractivity contribution is 5.13. The molecule has 9 heavy (non-hydrogen) atoms. The van der Waals surface area contributed by atoms with Gasteiger partial charge in [0.1, 0.15) is 0 Å². The van der Waals surface area contributed by atoms with Crippen LogP contribution in [0, 0.1) is 0 Å². The van der Waals surface area contributed by atoms with Crippen LogP contribution in [0.1, 0.15) is 18.0 Å². The third-order valence-electron chi connectivity index (χ3n) is 1.77. The molecule has 2 heterocycles. The van der Waals surface area contributed by atoms with Gasteiger partial charge in [-0.2, -0.15) is 0 Å². The van der Waals surface area contributed by atoms with E-state index in [4.69, 9.17) is 4.42 Å². The minimum Gasteiger partial charge on any atom is -0.472 e. The Morgan fingerprint density at radius 1 is 1.67 bits per heavy atom. The van der Waals surface area contributed by atoms with E-state index in [1.807, 2.05) is 6.07 Å². The molecule has 1 atom stereocenters. The second kappa shape index (κ2) is 1.88. The van der Waals surface area contributed by atoms with Gasteiger partial charge in [0.2, 0.25) is 0 Å². The van der Waals surface area contributed by atoms with Crippen molar-refractivity contribution in [2.24, 2.45) is 0 Å². The Balaban J connectivity index is 2.14. The van der Waals surface area contributed by atoms with Crippen LogP contribution in [0.15, 0.2) is 23.0 Å². The summed E-state index contributed by atoms with van der Waals surface area (Å²) >= 11 is 0. The van der Waals surface area contributed by atoms with Gasteiger partial charge >= 0.3 is 0 Å². The summed E-state index contributed by atoms with van der Waals surface area (Å²) in [5.41, 5.74) is 1.28. The summed E-state index contributed by atoms with van der Waals surface area (Å²) in [6.07, 6.45) is 4.77. The van der Waals surface area contributed by atoms with Crippen LogP contribution < -0.4 is 5.32 Å². The van der Waals surface area contributed by atoms with Crippen molar-refractivity contribution in [3.63, 3.8) is 0 Å². The van der Waals surface area contributed by atoms with Crippen molar-refractivity contribution >= 4 is 0 Å². The zero-order valence-corrected chi connectivity index (χ0v) is 5.13. The summed E-state index contributed by atoms with van der Waals surface area (Å²) in [6, 6.07) is 2.58. The first-order valence-corrected chi connectivity index (χ1v) is 3.22. The second-order valence-corrected chi connectivity index (χ2v) is 2.35. The van der Waals surface area contributed by atoms with Gasteiger partial charge in [0, 0.05) is 11.6 Å². The van der Waals surface area contributed by atoms with Gasteiger partial charge in [-0.3, -0.25) is 0 Å². The summed E-state index contributed by atoms with van der Waals surface area (Å²) in [5.74, 6) is 0. The van der Waals surface area contributed by atoms with Crippen molar-refractivity contribution in [2.75, 3.05) is 6.54 Å². The molecule has 1 fully saturated rings. The summed E-state index contributed by atoms with van der Waals surface area (Å²) < 4.78 is 4.93. The summed E-state index contributed by atoms with van der Waals surface area (Å²) in [6.45, 7) is 1.15. The molecule has 0 aromatic carbocycles. The van der Waals surface area contributed by atoms with Gasteiger partial charge in [0.25, 0.3) is 0 Å². The molecule has 0 saturated carbocycles. The zero-order chi connectivity index (χ0) is 6.10. The van der Waals surface area contributed by atoms with Crippen LogP contribution in [-0.2, 0) is 0 Å². The lowest BCUT2D eigenvalue weighted by Crippen LogP contribution is -2.34. The average Bonchev–Trinajstić information content (AvgIpc) is 2.11. The lowest BCUT2D eigenvalue weighted by Gasteiger charge is -2.26. The highest BCUT2D eigenvalue weighted by atomic mass is 16.3. The van der Waals surface area contributed by atoms with E-state index in [2.05, 4.69) is 5.32 Å². The molecule has 0 bridgehead atoms. The monoisotopic (exact) mass is 123 g/mol. The maximum absolute atomic E-state index is 4.93. The van der Waals surface area contributed by atoms with E-state index in [0.717, 1.165) is 6.54 Å². The molecule has 0 unspecified atom stereocenters. The number of rotatable bonds is 1. The summed E-state index contributed by atoms with van der Waals surface area (Å²) in [5, 5.41) is 3.29. The molecule has 0 aliphatic carbocycles. The second-order valence-electron chi connectivity index (χ2n) is 2.35. The summed E-state index contributed by atoms with van der Waals surface area (Å²) in [4.78, 5) is 0. The number of furan rings is 1. The fraction of sp³-hybridized carbons (Fsp3) is 0.429. The van der Waals surface area contributed by atoms with E-state index >= 15 is 0 Å². The molecule has 1 aliphatic heterocycles. The molecule has 1 aromatic heterocycles. The number of hydrogen-bond donors (Lipinski definition) is 1. The van der Waals surface area contributed by atoms with Crippen LogP contribution >= 0.6 is 0 Å². The fourth-order valence-corrected chi connectivity index (χ4v) is 1.05. The van der Waals surface area contributed by atoms with E-state index in [-0.39, 0.29) is 0 Å². The minimum absolute atomic E-state index is 0.573. The molecule has 48 valence electrons. The molecule has 0 spiro atoms. The van der Waals surface area contributed by atoms with Crippen molar-refractivity contribution < 1.29 is 4.42 Å². The Labute approximate surface area is 53.9 Å². The topological polar surface area (TPSA) is 25.2 Å². The van der Waals surface area contributed by atoms with Gasteiger partial charge in [0.05, 0.1) is 12.5 Å².